The van der Waals surface area contributed by atoms with Gasteiger partial charge >= 0.3 is 5.30 Å². The Morgan fingerprint density at radius 1 is 1.38 bits per heavy atom. The lowest BCUT2D eigenvalue weighted by atomic mass is 10.2. The Bertz CT molecular complexity index is 482. The molecule has 0 saturated heterocycles. The molecular weight excluding hydrogens is 242 g/mol. The van der Waals surface area contributed by atoms with Crippen LogP contribution in [0.4, 0.5) is 4.79 Å². The van der Waals surface area contributed by atoms with Crippen LogP contribution in [0.2, 0.25) is 0 Å². The number of benzene rings is 1. The van der Waals surface area contributed by atoms with E-state index < -0.39 is 0 Å². The summed E-state index contributed by atoms with van der Waals surface area (Å²) < 4.78 is 5.26. The molecule has 5 heteroatoms. The minimum absolute atomic E-state index is 0.339. The fraction of sp³-hybridized carbons (Fsp3) is 0.0909. The topological polar surface area (TPSA) is 39.2 Å². The minimum Gasteiger partial charge on any atom is -0.461 e. The van der Waals surface area contributed by atoms with Crippen LogP contribution in [0.3, 0.4) is 0 Å². The van der Waals surface area contributed by atoms with E-state index in [2.05, 4.69) is 9.72 Å². The Balaban J connectivity index is 2.17. The number of ether oxygens (including phenoxy) is 1. The summed E-state index contributed by atoms with van der Waals surface area (Å²) in [6, 6.07) is 9.85. The van der Waals surface area contributed by atoms with E-state index in [1.807, 2.05) is 35.7 Å². The van der Waals surface area contributed by atoms with Crippen molar-refractivity contribution in [2.45, 2.75) is 4.34 Å². The van der Waals surface area contributed by atoms with Crippen molar-refractivity contribution < 1.29 is 9.53 Å². The molecule has 0 aliphatic rings. The highest BCUT2D eigenvalue weighted by Gasteiger charge is 2.09. The van der Waals surface area contributed by atoms with Crippen molar-refractivity contribution in [1.82, 2.24) is 4.98 Å². The van der Waals surface area contributed by atoms with E-state index in [-0.39, 0.29) is 5.30 Å². The summed E-state index contributed by atoms with van der Waals surface area (Å²) in [5.41, 5.74) is 1.94. The van der Waals surface area contributed by atoms with Crippen LogP contribution in [0.5, 0.6) is 0 Å². The molecule has 1 aromatic heterocycles. The molecule has 0 unspecified atom stereocenters. The number of carbonyl (C=O) groups excluding carboxylic acids is 1. The van der Waals surface area contributed by atoms with Gasteiger partial charge in [0.15, 0.2) is 4.34 Å². The molecule has 16 heavy (non-hydrogen) atoms. The van der Waals surface area contributed by atoms with E-state index in [1.165, 1.54) is 18.4 Å². The van der Waals surface area contributed by atoms with Gasteiger partial charge in [-0.05, 0) is 0 Å². The van der Waals surface area contributed by atoms with E-state index in [1.54, 1.807) is 0 Å². The summed E-state index contributed by atoms with van der Waals surface area (Å²) >= 11 is 2.44. The zero-order chi connectivity index (χ0) is 11.4. The monoisotopic (exact) mass is 251 g/mol. The van der Waals surface area contributed by atoms with E-state index >= 15 is 0 Å². The standard InChI is InChI=1S/C11H9NO2S2/c1-14-11(13)16-10-12-9(7-15-10)8-5-3-2-4-6-8/h2-7H,1H3. The molecule has 82 valence electrons. The Kier molecular flexibility index (Phi) is 3.58. The molecule has 2 aromatic rings. The lowest BCUT2D eigenvalue weighted by molar-refractivity contribution is 0.200. The number of rotatable bonds is 2. The Hall–Kier alpha value is -1.33. The van der Waals surface area contributed by atoms with Crippen LogP contribution in [0.25, 0.3) is 11.3 Å². The summed E-state index contributed by atoms with van der Waals surface area (Å²) in [6.45, 7) is 0. The first-order chi connectivity index (χ1) is 7.79. The van der Waals surface area contributed by atoms with Crippen molar-refractivity contribution in [2.24, 2.45) is 0 Å². The summed E-state index contributed by atoms with van der Waals surface area (Å²) in [6.07, 6.45) is 0. The molecule has 0 aliphatic heterocycles. The van der Waals surface area contributed by atoms with Crippen molar-refractivity contribution in [3.8, 4) is 11.3 Å². The molecular formula is C11H9NO2S2. The molecule has 0 saturated carbocycles. The van der Waals surface area contributed by atoms with Gasteiger partial charge in [0.1, 0.15) is 0 Å². The highest BCUT2D eigenvalue weighted by atomic mass is 32.2. The molecule has 1 aromatic carbocycles. The number of methoxy groups -OCH3 is 1. The van der Waals surface area contributed by atoms with E-state index in [4.69, 9.17) is 0 Å². The SMILES string of the molecule is COC(=O)Sc1nc(-c2ccccc2)cs1. The highest BCUT2D eigenvalue weighted by molar-refractivity contribution is 8.14. The second kappa shape index (κ2) is 5.14. The Morgan fingerprint density at radius 2 is 2.12 bits per heavy atom. The molecule has 2 rings (SSSR count). The van der Waals surface area contributed by atoms with Crippen LogP contribution in [-0.2, 0) is 4.74 Å². The number of aromatic nitrogens is 1. The maximum Gasteiger partial charge on any atom is 0.374 e. The smallest absolute Gasteiger partial charge is 0.374 e. The molecule has 0 fully saturated rings. The molecule has 0 radical (unpaired) electrons. The number of carbonyl (C=O) groups is 1. The lowest BCUT2D eigenvalue weighted by Crippen LogP contribution is -1.89. The maximum absolute atomic E-state index is 11.0. The van der Waals surface area contributed by atoms with Crippen LogP contribution < -0.4 is 0 Å². The number of thiazole rings is 1. The fourth-order valence-electron chi connectivity index (χ4n) is 1.16. The average Bonchev–Trinajstić information content (AvgIpc) is 2.78. The molecule has 1 heterocycles. The van der Waals surface area contributed by atoms with E-state index in [9.17, 15) is 4.79 Å². The highest BCUT2D eigenvalue weighted by Crippen LogP contribution is 2.28. The normalized spacial score (nSPS) is 10.1. The molecule has 0 amide bonds. The predicted molar refractivity (Wildman–Crippen MR) is 65.8 cm³/mol. The van der Waals surface area contributed by atoms with Crippen molar-refractivity contribution in [1.29, 1.82) is 0 Å². The van der Waals surface area contributed by atoms with Gasteiger partial charge in [-0.15, -0.1) is 11.3 Å². The van der Waals surface area contributed by atoms with Crippen LogP contribution in [0.15, 0.2) is 40.1 Å². The number of hydrogen-bond donors (Lipinski definition) is 0. The molecule has 0 aliphatic carbocycles. The van der Waals surface area contributed by atoms with Crippen molar-refractivity contribution in [3.63, 3.8) is 0 Å². The second-order valence-electron chi connectivity index (χ2n) is 2.92. The van der Waals surface area contributed by atoms with Gasteiger partial charge in [0.25, 0.3) is 0 Å². The first-order valence-corrected chi connectivity index (χ1v) is 6.26. The first-order valence-electron chi connectivity index (χ1n) is 4.56. The summed E-state index contributed by atoms with van der Waals surface area (Å²) in [7, 11) is 1.36. The maximum atomic E-state index is 11.0. The van der Waals surface area contributed by atoms with Gasteiger partial charge < -0.3 is 4.74 Å². The fourth-order valence-corrected chi connectivity index (χ4v) is 2.62. The zero-order valence-corrected chi connectivity index (χ0v) is 10.2. The average molecular weight is 251 g/mol. The molecule has 0 atom stereocenters. The first kappa shape index (κ1) is 11.2. The third-order valence-corrected chi connectivity index (χ3v) is 3.66. The molecule has 0 spiro atoms. The van der Waals surface area contributed by atoms with Crippen LogP contribution in [0, 0.1) is 0 Å². The van der Waals surface area contributed by atoms with Crippen molar-refractivity contribution >= 4 is 28.4 Å². The van der Waals surface area contributed by atoms with Crippen molar-refractivity contribution in [2.75, 3.05) is 7.11 Å². The summed E-state index contributed by atoms with van der Waals surface area (Å²) in [5, 5.41) is 1.59. The largest absolute Gasteiger partial charge is 0.461 e. The van der Waals surface area contributed by atoms with Gasteiger partial charge in [0, 0.05) is 22.7 Å². The Morgan fingerprint density at radius 3 is 2.81 bits per heavy atom. The van der Waals surface area contributed by atoms with Crippen molar-refractivity contribution in [3.05, 3.63) is 35.7 Å². The lowest BCUT2D eigenvalue weighted by Gasteiger charge is -1.94. The summed E-state index contributed by atoms with van der Waals surface area (Å²) in [4.78, 5) is 15.4. The van der Waals surface area contributed by atoms with Crippen LogP contribution in [0.1, 0.15) is 0 Å². The molecule has 0 N–H and O–H groups in total. The molecule has 0 bridgehead atoms. The van der Waals surface area contributed by atoms with E-state index in [0.717, 1.165) is 23.0 Å². The molecule has 3 nitrogen and oxygen atoms in total. The van der Waals surface area contributed by atoms with Gasteiger partial charge in [0.2, 0.25) is 0 Å². The van der Waals surface area contributed by atoms with Gasteiger partial charge in [0.05, 0.1) is 12.8 Å². The number of nitrogens with zero attached hydrogens (tertiary/aromatic N) is 1. The van der Waals surface area contributed by atoms with Gasteiger partial charge in [-0.2, -0.15) is 0 Å². The second-order valence-corrected chi connectivity index (χ2v) is 4.96. The van der Waals surface area contributed by atoms with Crippen LogP contribution >= 0.6 is 23.1 Å². The minimum atomic E-state index is -0.339. The van der Waals surface area contributed by atoms with Crippen LogP contribution in [-0.4, -0.2) is 17.4 Å². The number of thioether (sulfide) groups is 1. The van der Waals surface area contributed by atoms with Gasteiger partial charge in [-0.25, -0.2) is 9.78 Å². The summed E-state index contributed by atoms with van der Waals surface area (Å²) in [5.74, 6) is 0. The number of hydrogen-bond acceptors (Lipinski definition) is 5. The quantitative estimate of drug-likeness (QED) is 0.603. The third-order valence-electron chi connectivity index (χ3n) is 1.89. The van der Waals surface area contributed by atoms with E-state index in [0.29, 0.717) is 4.34 Å². The zero-order valence-electron chi connectivity index (χ0n) is 8.54. The third kappa shape index (κ3) is 2.62. The Labute approximate surface area is 101 Å². The predicted octanol–water partition coefficient (Wildman–Crippen LogP) is 3.67. The van der Waals surface area contributed by atoms with Gasteiger partial charge in [-0.3, -0.25) is 0 Å². The van der Waals surface area contributed by atoms with Gasteiger partial charge in [-0.1, -0.05) is 30.3 Å².